The van der Waals surface area contributed by atoms with Crippen molar-refractivity contribution in [3.8, 4) is 5.75 Å². The summed E-state index contributed by atoms with van der Waals surface area (Å²) in [5.41, 5.74) is -0.554. The van der Waals surface area contributed by atoms with E-state index < -0.39 is 54.0 Å². The summed E-state index contributed by atoms with van der Waals surface area (Å²) >= 11 is 0. The molecule has 4 N–H and O–H groups in total. The van der Waals surface area contributed by atoms with Crippen molar-refractivity contribution in [3.63, 3.8) is 0 Å². The molecule has 0 saturated carbocycles. The van der Waals surface area contributed by atoms with Crippen molar-refractivity contribution >= 4 is 11.8 Å². The molecule has 0 bridgehead atoms. The average Bonchev–Trinajstić information content (AvgIpc) is 2.95. The molecule has 1 aromatic rings. The highest BCUT2D eigenvalue weighted by molar-refractivity contribution is 5.81. The number of benzene rings is 1. The first kappa shape index (κ1) is 36.2. The molecule has 0 radical (unpaired) electrons. The molecule has 2 aliphatic rings. The minimum Gasteiger partial charge on any atom is -0.497 e. The van der Waals surface area contributed by atoms with Gasteiger partial charge in [-0.1, -0.05) is 32.9 Å². The van der Waals surface area contributed by atoms with Crippen LogP contribution in [0, 0.1) is 17.8 Å². The zero-order valence-electron chi connectivity index (χ0n) is 27.9. The predicted molar refractivity (Wildman–Crippen MR) is 167 cm³/mol. The van der Waals surface area contributed by atoms with E-state index in [1.807, 2.05) is 57.1 Å². The molecule has 0 spiro atoms. The number of carbonyl (C=O) groups excluding carboxylic acids is 2. The van der Waals surface area contributed by atoms with Crippen LogP contribution in [0.3, 0.4) is 0 Å². The lowest BCUT2D eigenvalue weighted by molar-refractivity contribution is -0.299. The zero-order valence-corrected chi connectivity index (χ0v) is 27.9. The number of nitrogens with zero attached hydrogens (tertiary/aromatic N) is 2. The van der Waals surface area contributed by atoms with E-state index in [2.05, 4.69) is 5.32 Å². The number of rotatable bonds is 6. The highest BCUT2D eigenvalue weighted by atomic mass is 16.7. The largest absolute Gasteiger partial charge is 0.497 e. The van der Waals surface area contributed by atoms with Crippen LogP contribution in [0.15, 0.2) is 24.3 Å². The lowest BCUT2D eigenvalue weighted by atomic mass is 9.77. The van der Waals surface area contributed by atoms with E-state index >= 15 is 0 Å². The van der Waals surface area contributed by atoms with Crippen LogP contribution in [0.25, 0.3) is 0 Å². The van der Waals surface area contributed by atoms with Gasteiger partial charge < -0.3 is 44.6 Å². The summed E-state index contributed by atoms with van der Waals surface area (Å²) in [5.74, 6) is -1.56. The van der Waals surface area contributed by atoms with Gasteiger partial charge in [-0.05, 0) is 70.8 Å². The van der Waals surface area contributed by atoms with Gasteiger partial charge in [0.1, 0.15) is 11.9 Å². The second kappa shape index (κ2) is 15.3. The van der Waals surface area contributed by atoms with Crippen molar-refractivity contribution in [2.45, 2.75) is 109 Å². The quantitative estimate of drug-likeness (QED) is 0.374. The number of amides is 2. The molecule has 2 amide bonds. The molecule has 0 aliphatic carbocycles. The van der Waals surface area contributed by atoms with Crippen molar-refractivity contribution in [2.75, 3.05) is 34.8 Å². The third kappa shape index (κ3) is 9.14. The van der Waals surface area contributed by atoms with Crippen LogP contribution in [0.5, 0.6) is 5.75 Å². The summed E-state index contributed by atoms with van der Waals surface area (Å²) in [5, 5.41) is 37.7. The Bertz CT molecular complexity index is 1080. The number of nitrogens with one attached hydrogen (secondary N) is 1. The Balaban J connectivity index is 1.92. The molecular formula is C33H55N3O8. The number of aliphatic hydroxyl groups excluding tert-OH is 2. The molecule has 2 heterocycles. The number of ether oxygens (including phenoxy) is 3. The third-order valence-electron chi connectivity index (χ3n) is 9.29. The summed E-state index contributed by atoms with van der Waals surface area (Å²) in [7, 11) is 7.09. The molecule has 44 heavy (non-hydrogen) atoms. The van der Waals surface area contributed by atoms with Crippen molar-refractivity contribution in [1.82, 2.24) is 15.1 Å². The van der Waals surface area contributed by atoms with Gasteiger partial charge in [0.05, 0.1) is 36.9 Å². The molecular weight excluding hydrogens is 566 g/mol. The normalized spacial score (nSPS) is 38.2. The predicted octanol–water partition coefficient (Wildman–Crippen LogP) is 1.81. The number of aliphatic hydroxyl groups is 3. The van der Waals surface area contributed by atoms with Crippen LogP contribution < -0.4 is 10.1 Å². The van der Waals surface area contributed by atoms with Gasteiger partial charge in [0.25, 0.3) is 0 Å². The van der Waals surface area contributed by atoms with Crippen LogP contribution in [-0.2, 0) is 25.5 Å². The van der Waals surface area contributed by atoms with E-state index in [0.717, 1.165) is 5.56 Å². The van der Waals surface area contributed by atoms with Crippen molar-refractivity contribution in [1.29, 1.82) is 0 Å². The molecule has 2 saturated heterocycles. The second-order valence-electron chi connectivity index (χ2n) is 13.7. The van der Waals surface area contributed by atoms with Gasteiger partial charge in [0.2, 0.25) is 11.8 Å². The van der Waals surface area contributed by atoms with Gasteiger partial charge in [-0.2, -0.15) is 0 Å². The van der Waals surface area contributed by atoms with Gasteiger partial charge in [0, 0.05) is 38.0 Å². The molecule has 1 aromatic carbocycles. The lowest BCUT2D eigenvalue weighted by Gasteiger charge is -2.46. The first-order valence-corrected chi connectivity index (χ1v) is 15.8. The average molecular weight is 622 g/mol. The Labute approximate surface area is 262 Å². The smallest absolute Gasteiger partial charge is 0.225 e. The molecule has 11 nitrogen and oxygen atoms in total. The molecule has 11 heteroatoms. The Morgan fingerprint density at radius 2 is 1.73 bits per heavy atom. The fraction of sp³-hybridized carbons (Fsp3) is 0.758. The minimum absolute atomic E-state index is 0.0869. The van der Waals surface area contributed by atoms with Gasteiger partial charge in [-0.3, -0.25) is 9.59 Å². The first-order chi connectivity index (χ1) is 20.5. The Morgan fingerprint density at radius 3 is 2.32 bits per heavy atom. The Hall–Kier alpha value is -2.28. The fourth-order valence-electron chi connectivity index (χ4n) is 6.80. The summed E-state index contributed by atoms with van der Waals surface area (Å²) in [6.07, 6.45) is -3.07. The maximum absolute atomic E-state index is 13.6. The number of hydrogen-bond acceptors (Lipinski definition) is 9. The Kier molecular flexibility index (Phi) is 12.6. The van der Waals surface area contributed by atoms with Crippen LogP contribution in [0.2, 0.25) is 0 Å². The number of methoxy groups -OCH3 is 1. The van der Waals surface area contributed by atoms with Crippen molar-refractivity contribution < 1.29 is 39.1 Å². The standard InChI is InChI=1S/C33H55N3O8/c1-19-17-33(5,41)30(44-32-29(39)26(35(6)7)14-20(2)43-32)21(3)28(38)22(4)31(40)34-24(16-27(37)36(8)18-19)15-23-10-12-25(42-9)13-11-23/h10-13,19-22,24,26,28-30,32,38-39,41H,14-18H2,1-9H3,(H,34,40)/t19-,20-,21+,22-,24?,26+,28+,29-,30-,32+,33-/m1/s1. The van der Waals surface area contributed by atoms with E-state index in [1.165, 1.54) is 0 Å². The van der Waals surface area contributed by atoms with E-state index in [1.54, 1.807) is 39.8 Å². The minimum atomic E-state index is -1.49. The van der Waals surface area contributed by atoms with Crippen LogP contribution in [0.4, 0.5) is 0 Å². The van der Waals surface area contributed by atoms with Crippen molar-refractivity contribution in [2.24, 2.45) is 17.8 Å². The fourth-order valence-corrected chi connectivity index (χ4v) is 6.80. The summed E-state index contributed by atoms with van der Waals surface area (Å²) in [6, 6.07) is 6.76. The van der Waals surface area contributed by atoms with E-state index in [4.69, 9.17) is 14.2 Å². The molecule has 2 aliphatic heterocycles. The SMILES string of the molecule is COc1ccc(CC2CC(=O)N(C)C[C@H](C)C[C@@](C)(O)[C@H](O[C@@H]3O[C@H](C)C[C@H](N(C)C)[C@H]3O)[C@@H](C)[C@H](O)[C@@H](C)C(=O)N2)cc1. The van der Waals surface area contributed by atoms with Gasteiger partial charge >= 0.3 is 0 Å². The lowest BCUT2D eigenvalue weighted by Crippen LogP contribution is -2.59. The van der Waals surface area contributed by atoms with Crippen LogP contribution in [-0.4, -0.2) is 120 Å². The number of hydrogen-bond donors (Lipinski definition) is 4. The van der Waals surface area contributed by atoms with Gasteiger partial charge in [0.15, 0.2) is 6.29 Å². The molecule has 3 rings (SSSR count). The van der Waals surface area contributed by atoms with Gasteiger partial charge in [-0.15, -0.1) is 0 Å². The molecule has 0 aromatic heterocycles. The molecule has 1 unspecified atom stereocenters. The topological polar surface area (TPSA) is 141 Å². The molecule has 2 fully saturated rings. The van der Waals surface area contributed by atoms with E-state index in [-0.39, 0.29) is 36.8 Å². The summed E-state index contributed by atoms with van der Waals surface area (Å²) in [6.45, 7) is 9.26. The summed E-state index contributed by atoms with van der Waals surface area (Å²) < 4.78 is 17.7. The van der Waals surface area contributed by atoms with E-state index in [0.29, 0.717) is 25.1 Å². The third-order valence-corrected chi connectivity index (χ3v) is 9.29. The summed E-state index contributed by atoms with van der Waals surface area (Å²) in [4.78, 5) is 30.5. The number of carbonyl (C=O) groups is 2. The zero-order chi connectivity index (χ0) is 32.9. The number of likely N-dealkylation sites (N-methyl/N-ethyl adjacent to an activating group) is 1. The maximum atomic E-state index is 13.6. The molecule has 11 atom stereocenters. The first-order valence-electron chi connectivity index (χ1n) is 15.8. The maximum Gasteiger partial charge on any atom is 0.225 e. The van der Waals surface area contributed by atoms with Crippen LogP contribution >= 0.6 is 0 Å². The van der Waals surface area contributed by atoms with E-state index in [9.17, 15) is 24.9 Å². The highest BCUT2D eigenvalue weighted by Gasteiger charge is 2.47. The monoisotopic (exact) mass is 621 g/mol. The van der Waals surface area contributed by atoms with Crippen LogP contribution in [0.1, 0.15) is 59.4 Å². The van der Waals surface area contributed by atoms with Crippen molar-refractivity contribution in [3.05, 3.63) is 29.8 Å². The highest BCUT2D eigenvalue weighted by Crippen LogP contribution is 2.35. The van der Waals surface area contributed by atoms with Gasteiger partial charge in [-0.25, -0.2) is 0 Å². The Morgan fingerprint density at radius 1 is 1.09 bits per heavy atom. The second-order valence-corrected chi connectivity index (χ2v) is 13.7. The molecule has 250 valence electrons.